The van der Waals surface area contributed by atoms with Crippen molar-refractivity contribution in [2.75, 3.05) is 0 Å². The van der Waals surface area contributed by atoms with Gasteiger partial charge >= 0.3 is 5.97 Å². The maximum absolute atomic E-state index is 12.5. The number of likely N-dealkylation sites (tertiary alicyclic amines) is 1. The predicted molar refractivity (Wildman–Crippen MR) is 92.2 cm³/mol. The van der Waals surface area contributed by atoms with E-state index in [0.717, 1.165) is 24.8 Å². The van der Waals surface area contributed by atoms with Gasteiger partial charge in [-0.15, -0.1) is 0 Å². The number of rotatable bonds is 5. The molecular weight excluding hydrogens is 336 g/mol. The van der Waals surface area contributed by atoms with Crippen molar-refractivity contribution in [2.45, 2.75) is 57.0 Å². The molecule has 0 radical (unpaired) electrons. The standard InChI is InChI=1S/C19H22N2O5/c22-15-8-9-16(23)21(15)12-13-4-6-14(7-5-13)17(24)20-19(18(25)26)10-2-1-3-11-19/h4-7H,1-3,8-12H2,(H,20,24)(H,25,26). The predicted octanol–water partition coefficient (Wildman–Crippen LogP) is 1.85. The van der Waals surface area contributed by atoms with Crippen molar-refractivity contribution in [3.8, 4) is 0 Å². The monoisotopic (exact) mass is 358 g/mol. The molecule has 26 heavy (non-hydrogen) atoms. The second-order valence-electron chi connectivity index (χ2n) is 6.97. The van der Waals surface area contributed by atoms with Crippen LogP contribution >= 0.6 is 0 Å². The molecule has 2 N–H and O–H groups in total. The maximum Gasteiger partial charge on any atom is 0.329 e. The van der Waals surface area contributed by atoms with E-state index in [-0.39, 0.29) is 31.2 Å². The van der Waals surface area contributed by atoms with Gasteiger partial charge in [0.1, 0.15) is 5.54 Å². The van der Waals surface area contributed by atoms with E-state index in [1.807, 2.05) is 0 Å². The molecule has 1 aliphatic heterocycles. The molecule has 1 aromatic rings. The quantitative estimate of drug-likeness (QED) is 0.782. The van der Waals surface area contributed by atoms with E-state index in [9.17, 15) is 24.3 Å². The first-order valence-corrected chi connectivity index (χ1v) is 8.89. The Morgan fingerprint density at radius 1 is 1.00 bits per heavy atom. The van der Waals surface area contributed by atoms with Gasteiger partial charge in [-0.3, -0.25) is 19.3 Å². The summed E-state index contributed by atoms with van der Waals surface area (Å²) in [5, 5.41) is 12.3. The molecule has 3 rings (SSSR count). The Kier molecular flexibility index (Phi) is 5.06. The Morgan fingerprint density at radius 3 is 2.12 bits per heavy atom. The van der Waals surface area contributed by atoms with Crippen LogP contribution in [0.3, 0.4) is 0 Å². The summed E-state index contributed by atoms with van der Waals surface area (Å²) in [5.74, 6) is -1.78. The number of benzene rings is 1. The topological polar surface area (TPSA) is 104 Å². The molecule has 2 fully saturated rings. The molecule has 1 aromatic carbocycles. The van der Waals surface area contributed by atoms with Crippen LogP contribution in [-0.2, 0) is 20.9 Å². The van der Waals surface area contributed by atoms with Crippen molar-refractivity contribution in [1.82, 2.24) is 10.2 Å². The molecule has 0 bridgehead atoms. The zero-order valence-electron chi connectivity index (χ0n) is 14.5. The fourth-order valence-electron chi connectivity index (χ4n) is 3.58. The van der Waals surface area contributed by atoms with Gasteiger partial charge in [-0.05, 0) is 30.5 Å². The van der Waals surface area contributed by atoms with Gasteiger partial charge in [0.15, 0.2) is 0 Å². The van der Waals surface area contributed by atoms with E-state index in [1.165, 1.54) is 4.90 Å². The minimum absolute atomic E-state index is 0.183. The fraction of sp³-hybridized carbons (Fsp3) is 0.474. The van der Waals surface area contributed by atoms with Gasteiger partial charge in [0, 0.05) is 18.4 Å². The molecule has 1 heterocycles. The number of imide groups is 1. The zero-order valence-corrected chi connectivity index (χ0v) is 14.5. The van der Waals surface area contributed by atoms with Gasteiger partial charge < -0.3 is 10.4 Å². The molecule has 138 valence electrons. The number of carbonyl (C=O) groups excluding carboxylic acids is 3. The number of nitrogens with one attached hydrogen (secondary N) is 1. The Bertz CT molecular complexity index is 719. The highest BCUT2D eigenvalue weighted by atomic mass is 16.4. The Labute approximate surface area is 151 Å². The first kappa shape index (κ1) is 18.1. The minimum atomic E-state index is -1.19. The van der Waals surface area contributed by atoms with E-state index in [0.29, 0.717) is 18.4 Å². The number of carboxylic acids is 1. The van der Waals surface area contributed by atoms with Crippen molar-refractivity contribution in [3.05, 3.63) is 35.4 Å². The van der Waals surface area contributed by atoms with Crippen LogP contribution in [0.2, 0.25) is 0 Å². The van der Waals surface area contributed by atoms with Crippen LogP contribution in [-0.4, -0.2) is 39.2 Å². The average molecular weight is 358 g/mol. The summed E-state index contributed by atoms with van der Waals surface area (Å²) in [5.41, 5.74) is -0.0858. The van der Waals surface area contributed by atoms with Gasteiger partial charge in [-0.1, -0.05) is 31.4 Å². The van der Waals surface area contributed by atoms with Gasteiger partial charge in [-0.25, -0.2) is 4.79 Å². The largest absolute Gasteiger partial charge is 0.480 e. The van der Waals surface area contributed by atoms with Crippen LogP contribution in [0.1, 0.15) is 60.9 Å². The number of hydrogen-bond donors (Lipinski definition) is 2. The Hall–Kier alpha value is -2.70. The summed E-state index contributed by atoms with van der Waals surface area (Å²) in [4.78, 5) is 48.7. The number of carboxylic acid groups (broad SMARTS) is 1. The minimum Gasteiger partial charge on any atom is -0.480 e. The third-order valence-electron chi connectivity index (χ3n) is 5.18. The average Bonchev–Trinajstić information content (AvgIpc) is 2.95. The molecule has 1 saturated carbocycles. The molecule has 0 unspecified atom stereocenters. The SMILES string of the molecule is O=C(NC1(C(=O)O)CCCCC1)c1ccc(CN2C(=O)CCC2=O)cc1. The normalized spacial score (nSPS) is 19.5. The van der Waals surface area contributed by atoms with Crippen molar-refractivity contribution in [2.24, 2.45) is 0 Å². The first-order chi connectivity index (χ1) is 12.4. The van der Waals surface area contributed by atoms with Gasteiger partial charge in [0.25, 0.3) is 5.91 Å². The second kappa shape index (κ2) is 7.27. The number of hydrogen-bond acceptors (Lipinski definition) is 4. The lowest BCUT2D eigenvalue weighted by molar-refractivity contribution is -0.146. The van der Waals surface area contributed by atoms with E-state index in [2.05, 4.69) is 5.32 Å². The lowest BCUT2D eigenvalue weighted by Gasteiger charge is -2.34. The molecule has 7 heteroatoms. The third kappa shape index (κ3) is 3.61. The lowest BCUT2D eigenvalue weighted by Crippen LogP contribution is -2.55. The zero-order chi connectivity index (χ0) is 18.7. The summed E-state index contributed by atoms with van der Waals surface area (Å²) in [6.45, 7) is 0.193. The molecule has 2 aliphatic rings. The Morgan fingerprint density at radius 2 is 1.58 bits per heavy atom. The van der Waals surface area contributed by atoms with E-state index < -0.39 is 17.4 Å². The maximum atomic E-state index is 12.5. The molecule has 3 amide bonds. The van der Waals surface area contributed by atoms with Crippen molar-refractivity contribution in [3.63, 3.8) is 0 Å². The van der Waals surface area contributed by atoms with Crippen LogP contribution in [0.5, 0.6) is 0 Å². The summed E-state index contributed by atoms with van der Waals surface area (Å²) in [7, 11) is 0. The highest BCUT2D eigenvalue weighted by Gasteiger charge is 2.41. The summed E-state index contributed by atoms with van der Waals surface area (Å²) in [6.07, 6.45) is 3.91. The second-order valence-corrected chi connectivity index (χ2v) is 6.97. The van der Waals surface area contributed by atoms with Gasteiger partial charge in [0.05, 0.1) is 6.54 Å². The number of amides is 3. The van der Waals surface area contributed by atoms with Crippen LogP contribution in [0.25, 0.3) is 0 Å². The highest BCUT2D eigenvalue weighted by molar-refractivity contribution is 6.02. The van der Waals surface area contributed by atoms with E-state index in [1.54, 1.807) is 24.3 Å². The van der Waals surface area contributed by atoms with Crippen LogP contribution in [0, 0.1) is 0 Å². The third-order valence-corrected chi connectivity index (χ3v) is 5.18. The molecule has 7 nitrogen and oxygen atoms in total. The molecule has 0 aromatic heterocycles. The summed E-state index contributed by atoms with van der Waals surface area (Å²) < 4.78 is 0. The molecule has 1 saturated heterocycles. The number of nitrogens with zero attached hydrogens (tertiary/aromatic N) is 1. The van der Waals surface area contributed by atoms with Crippen molar-refractivity contribution < 1.29 is 24.3 Å². The fourth-order valence-corrected chi connectivity index (χ4v) is 3.58. The van der Waals surface area contributed by atoms with E-state index in [4.69, 9.17) is 0 Å². The highest BCUT2D eigenvalue weighted by Crippen LogP contribution is 2.29. The lowest BCUT2D eigenvalue weighted by atomic mass is 9.81. The van der Waals surface area contributed by atoms with Gasteiger partial charge in [-0.2, -0.15) is 0 Å². The summed E-state index contributed by atoms with van der Waals surface area (Å²) >= 11 is 0. The van der Waals surface area contributed by atoms with Crippen LogP contribution < -0.4 is 5.32 Å². The van der Waals surface area contributed by atoms with Crippen molar-refractivity contribution >= 4 is 23.7 Å². The molecule has 0 atom stereocenters. The molecule has 0 spiro atoms. The number of carbonyl (C=O) groups is 4. The van der Waals surface area contributed by atoms with E-state index >= 15 is 0 Å². The summed E-state index contributed by atoms with van der Waals surface area (Å²) in [6, 6.07) is 6.55. The van der Waals surface area contributed by atoms with Gasteiger partial charge in [0.2, 0.25) is 11.8 Å². The molecular formula is C19H22N2O5. The van der Waals surface area contributed by atoms with Crippen LogP contribution in [0.4, 0.5) is 0 Å². The number of aliphatic carboxylic acids is 1. The van der Waals surface area contributed by atoms with Crippen molar-refractivity contribution in [1.29, 1.82) is 0 Å². The Balaban J connectivity index is 1.67. The van der Waals surface area contributed by atoms with Crippen LogP contribution in [0.15, 0.2) is 24.3 Å². The first-order valence-electron chi connectivity index (χ1n) is 8.89. The molecule has 1 aliphatic carbocycles. The smallest absolute Gasteiger partial charge is 0.329 e.